The van der Waals surface area contributed by atoms with Crippen molar-refractivity contribution in [3.8, 4) is 23.0 Å². The molecule has 2 aliphatic carbocycles. The molecular weight excluding hydrogens is 807 g/mol. The molecule has 328 valence electrons. The standard InChI is InChI=1S/C45H49N3O14/c49-15-12-25-20-44(42(58)59)38(37(25)43(13-4-1-5-14-43)29-6-2-3-7-32(29)52)28-18-33(53)34(61-45(60)41(57)40(56)39(55)35(22-50)62-45)19-30(28)48(44)36(54)11-9-24-8-10-31(51)26(16-24)17-27-21-46-23-47-27/h2-3,6-11,16,18-21,35,37-41,49-53,55-57,60H,1,4-5,12-15,17,22-23H2,(H,58,59). The van der Waals surface area contributed by atoms with Crippen molar-refractivity contribution < 1.29 is 70.1 Å². The van der Waals surface area contributed by atoms with Crippen molar-refractivity contribution in [1.82, 2.24) is 0 Å². The molecule has 3 aliphatic heterocycles. The van der Waals surface area contributed by atoms with E-state index in [1.807, 2.05) is 0 Å². The second-order valence-electron chi connectivity index (χ2n) is 16.6. The van der Waals surface area contributed by atoms with E-state index in [1.54, 1.807) is 42.6 Å². The highest BCUT2D eigenvalue weighted by molar-refractivity contribution is 6.32. The minimum atomic E-state index is -3.17. The van der Waals surface area contributed by atoms with Gasteiger partial charge in [0.25, 0.3) is 5.91 Å². The van der Waals surface area contributed by atoms with E-state index in [4.69, 9.17) is 9.47 Å². The number of hydrogen-bond acceptors (Lipinski definition) is 15. The first-order valence-electron chi connectivity index (χ1n) is 20.5. The number of nitrogens with zero attached hydrogens (tertiary/aromatic N) is 3. The van der Waals surface area contributed by atoms with Gasteiger partial charge in [0, 0.05) is 53.8 Å². The predicted octanol–water partition coefficient (Wildman–Crippen LogP) is 2.14. The molecule has 17 nitrogen and oxygen atoms in total. The quantitative estimate of drug-likeness (QED) is 0.0710. The largest absolute Gasteiger partial charge is 0.508 e. The number of carboxylic acids is 1. The van der Waals surface area contributed by atoms with Crippen LogP contribution >= 0.6 is 0 Å². The molecule has 2 fully saturated rings. The number of carbonyl (C=O) groups excluding carboxylic acids is 1. The van der Waals surface area contributed by atoms with Crippen molar-refractivity contribution >= 4 is 35.6 Å². The molecule has 5 aliphatic rings. The number of aliphatic hydroxyl groups excluding tert-OH is 5. The van der Waals surface area contributed by atoms with Gasteiger partial charge in [-0.25, -0.2) is 4.79 Å². The number of fused-ring (bicyclic) bond motifs is 3. The first kappa shape index (κ1) is 43.0. The van der Waals surface area contributed by atoms with Crippen LogP contribution in [0.4, 0.5) is 5.69 Å². The molecule has 0 aromatic heterocycles. The number of amides is 1. The molecule has 62 heavy (non-hydrogen) atoms. The van der Waals surface area contributed by atoms with Gasteiger partial charge in [0.1, 0.15) is 36.5 Å². The van der Waals surface area contributed by atoms with E-state index in [0.29, 0.717) is 40.8 Å². The van der Waals surface area contributed by atoms with E-state index >= 15 is 0 Å². The minimum Gasteiger partial charge on any atom is -0.508 e. The summed E-state index contributed by atoms with van der Waals surface area (Å²) < 4.78 is 10.9. The lowest BCUT2D eigenvalue weighted by molar-refractivity contribution is -0.422. The SMILES string of the molecule is O=C(C=Cc1ccc(O)c(CC2=NCN=C2)c1)N1c2cc(OC3(O)OC(CO)C(O)C(O)C3O)c(O)cc2C2C(C3(c4ccccc4O)CCCCC3)C(CCO)=CC21C(=O)O. The number of carbonyl (C=O) groups is 2. The van der Waals surface area contributed by atoms with Crippen LogP contribution in [0.25, 0.3) is 6.08 Å². The maximum atomic E-state index is 14.9. The summed E-state index contributed by atoms with van der Waals surface area (Å²) in [6.45, 7) is -1.00. The number of rotatable bonds is 12. The Labute approximate surface area is 355 Å². The van der Waals surface area contributed by atoms with Gasteiger partial charge in [-0.15, -0.1) is 0 Å². The van der Waals surface area contributed by atoms with Crippen LogP contribution in [0.3, 0.4) is 0 Å². The number of aromatic hydroxyl groups is 3. The van der Waals surface area contributed by atoms with Crippen molar-refractivity contribution in [3.05, 3.63) is 94.6 Å². The highest BCUT2D eigenvalue weighted by Gasteiger charge is 2.68. The van der Waals surface area contributed by atoms with Gasteiger partial charge >= 0.3 is 11.9 Å². The average molecular weight is 856 g/mol. The fourth-order valence-electron chi connectivity index (χ4n) is 10.4. The van der Waals surface area contributed by atoms with Crippen LogP contribution in [0.1, 0.15) is 66.7 Å². The Hall–Kier alpha value is -5.66. The summed E-state index contributed by atoms with van der Waals surface area (Å²) in [6, 6.07) is 13.8. The lowest BCUT2D eigenvalue weighted by Gasteiger charge is -2.47. The molecule has 3 aromatic rings. The summed E-state index contributed by atoms with van der Waals surface area (Å²) in [6.07, 6.45) is 1.43. The molecule has 0 bridgehead atoms. The summed E-state index contributed by atoms with van der Waals surface area (Å²) in [5.41, 5.74) is -0.279. The number of phenols is 3. The smallest absolute Gasteiger partial charge is 0.355 e. The third-order valence-electron chi connectivity index (χ3n) is 13.1. The number of aliphatic carboxylic acids is 1. The van der Waals surface area contributed by atoms with Crippen LogP contribution in [0, 0.1) is 5.92 Å². The zero-order valence-corrected chi connectivity index (χ0v) is 33.5. The highest BCUT2D eigenvalue weighted by atomic mass is 16.8. The van der Waals surface area contributed by atoms with Crippen LogP contribution < -0.4 is 9.64 Å². The van der Waals surface area contributed by atoms with Gasteiger partial charge in [0.2, 0.25) is 0 Å². The Morgan fingerprint density at radius 2 is 1.68 bits per heavy atom. The molecule has 8 atom stereocenters. The molecule has 17 heteroatoms. The van der Waals surface area contributed by atoms with Crippen LogP contribution in [0.5, 0.6) is 23.0 Å². The number of hydrogen-bond donors (Lipinski definition) is 10. The van der Waals surface area contributed by atoms with Crippen LogP contribution in [-0.2, 0) is 26.2 Å². The number of aliphatic hydroxyl groups is 6. The van der Waals surface area contributed by atoms with E-state index in [0.717, 1.165) is 36.3 Å². The third kappa shape index (κ3) is 7.03. The normalized spacial score (nSPS) is 29.9. The van der Waals surface area contributed by atoms with Crippen LogP contribution in [0.15, 0.2) is 82.3 Å². The Bertz CT molecular complexity index is 2370. The first-order valence-corrected chi connectivity index (χ1v) is 20.5. The maximum absolute atomic E-state index is 14.9. The van der Waals surface area contributed by atoms with Crippen molar-refractivity contribution in [2.45, 2.75) is 92.2 Å². The number of phenolic OH excluding ortho intramolecular Hbond substituents is 3. The third-order valence-corrected chi connectivity index (χ3v) is 13.1. The van der Waals surface area contributed by atoms with Crippen molar-refractivity contribution in [2.24, 2.45) is 15.9 Å². The number of carboxylic acid groups (broad SMARTS) is 1. The van der Waals surface area contributed by atoms with Gasteiger partial charge in [-0.3, -0.25) is 19.7 Å². The number of benzene rings is 3. The zero-order valence-electron chi connectivity index (χ0n) is 33.5. The summed E-state index contributed by atoms with van der Waals surface area (Å²) in [4.78, 5) is 38.6. The Morgan fingerprint density at radius 3 is 2.35 bits per heavy atom. The van der Waals surface area contributed by atoms with E-state index < -0.39 is 83.2 Å². The molecule has 0 spiro atoms. The summed E-state index contributed by atoms with van der Waals surface area (Å²) in [5.74, 6) is -8.70. The van der Waals surface area contributed by atoms with Crippen molar-refractivity contribution in [1.29, 1.82) is 0 Å². The summed E-state index contributed by atoms with van der Waals surface area (Å²) in [7, 11) is 0. The zero-order chi connectivity index (χ0) is 44.1. The Morgan fingerprint density at radius 1 is 0.919 bits per heavy atom. The number of aliphatic imine (C=N–C) groups is 2. The average Bonchev–Trinajstić information content (AvgIpc) is 3.96. The number of ether oxygens (including phenoxy) is 2. The number of para-hydroxylation sites is 1. The summed E-state index contributed by atoms with van der Waals surface area (Å²) in [5, 5.41) is 109. The van der Waals surface area contributed by atoms with Gasteiger partial charge < -0.3 is 60.5 Å². The molecule has 10 N–H and O–H groups in total. The molecule has 1 amide bonds. The molecule has 3 heterocycles. The summed E-state index contributed by atoms with van der Waals surface area (Å²) >= 11 is 0. The van der Waals surface area contributed by atoms with Gasteiger partial charge in [-0.05, 0) is 72.7 Å². The topological polar surface area (TPSA) is 283 Å². The van der Waals surface area contributed by atoms with Gasteiger partial charge in [-0.1, -0.05) is 49.1 Å². The van der Waals surface area contributed by atoms with E-state index in [1.165, 1.54) is 24.3 Å². The fourth-order valence-corrected chi connectivity index (χ4v) is 10.4. The molecule has 8 rings (SSSR count). The molecular formula is C45H49N3O14. The molecule has 0 radical (unpaired) electrons. The highest BCUT2D eigenvalue weighted by Crippen LogP contribution is 2.67. The van der Waals surface area contributed by atoms with Crippen LogP contribution in [-0.4, -0.2) is 131 Å². The van der Waals surface area contributed by atoms with Gasteiger partial charge in [0.05, 0.1) is 18.0 Å². The van der Waals surface area contributed by atoms with Crippen molar-refractivity contribution in [2.75, 3.05) is 24.8 Å². The first-order chi connectivity index (χ1) is 29.7. The maximum Gasteiger partial charge on any atom is 0.355 e. The molecule has 3 aromatic carbocycles. The lowest BCUT2D eigenvalue weighted by Crippen LogP contribution is -2.67. The second kappa shape index (κ2) is 16.6. The van der Waals surface area contributed by atoms with Crippen molar-refractivity contribution in [3.63, 3.8) is 0 Å². The second-order valence-corrected chi connectivity index (χ2v) is 16.6. The Kier molecular flexibility index (Phi) is 11.5. The van der Waals surface area contributed by atoms with E-state index in [-0.39, 0.29) is 48.9 Å². The van der Waals surface area contributed by atoms with Gasteiger partial charge in [0.15, 0.2) is 23.1 Å². The molecule has 8 unspecified atom stereocenters. The molecule has 1 saturated heterocycles. The minimum absolute atomic E-state index is 0.000386. The van der Waals surface area contributed by atoms with E-state index in [2.05, 4.69) is 9.98 Å². The van der Waals surface area contributed by atoms with Crippen LogP contribution in [0.2, 0.25) is 0 Å². The predicted molar refractivity (Wildman–Crippen MR) is 222 cm³/mol. The molecule has 1 saturated carbocycles. The van der Waals surface area contributed by atoms with Gasteiger partial charge in [-0.2, -0.15) is 0 Å². The lowest BCUT2D eigenvalue weighted by atomic mass is 9.56. The van der Waals surface area contributed by atoms with E-state index in [9.17, 15) is 60.7 Å². The Balaban J connectivity index is 1.30. The monoisotopic (exact) mass is 855 g/mol. The number of anilines is 1. The fraction of sp³-hybridized carbons (Fsp3) is 0.422.